The van der Waals surface area contributed by atoms with Crippen molar-refractivity contribution in [2.24, 2.45) is 0 Å². The van der Waals surface area contributed by atoms with Crippen molar-refractivity contribution in [3.8, 4) is 28.8 Å². The molecular weight excluding hydrogens is 544 g/mol. The number of hydrogen-bond acceptors (Lipinski definition) is 6. The number of aromatic nitrogens is 5. The first kappa shape index (κ1) is 25.4. The van der Waals surface area contributed by atoms with Crippen molar-refractivity contribution in [1.29, 1.82) is 5.26 Å². The zero-order valence-electron chi connectivity index (χ0n) is 22.4. The lowest BCUT2D eigenvalue weighted by Gasteiger charge is -2.22. The fraction of sp³-hybridized carbons (Fsp3) is 0.0606. The molecule has 1 aliphatic heterocycles. The van der Waals surface area contributed by atoms with Crippen LogP contribution in [0.3, 0.4) is 0 Å². The number of hydrogen-bond donors (Lipinski definition) is 1. The second kappa shape index (κ2) is 10.1. The number of thiazole rings is 1. The van der Waals surface area contributed by atoms with Gasteiger partial charge in [-0.3, -0.25) is 9.59 Å². The van der Waals surface area contributed by atoms with Crippen LogP contribution in [0.5, 0.6) is 0 Å². The zero-order chi connectivity index (χ0) is 28.8. The van der Waals surface area contributed by atoms with Crippen LogP contribution in [0.2, 0.25) is 0 Å². The molecule has 0 radical (unpaired) electrons. The minimum absolute atomic E-state index is 0.238. The number of fused-ring (bicyclic) bond motifs is 3. The van der Waals surface area contributed by atoms with E-state index in [1.165, 1.54) is 22.2 Å². The Morgan fingerprint density at radius 2 is 1.69 bits per heavy atom. The summed E-state index contributed by atoms with van der Waals surface area (Å²) in [5.74, 6) is -0.419. The van der Waals surface area contributed by atoms with Gasteiger partial charge in [-0.25, -0.2) is 14.2 Å². The van der Waals surface area contributed by atoms with Crippen LogP contribution >= 0.6 is 11.3 Å². The molecule has 9 heteroatoms. The Hall–Kier alpha value is -5.59. The molecule has 42 heavy (non-hydrogen) atoms. The molecule has 202 valence electrons. The van der Waals surface area contributed by atoms with Crippen LogP contribution in [-0.4, -0.2) is 24.3 Å². The molecule has 0 saturated heterocycles. The van der Waals surface area contributed by atoms with Crippen molar-refractivity contribution in [3.05, 3.63) is 150 Å². The van der Waals surface area contributed by atoms with Gasteiger partial charge in [0.15, 0.2) is 5.82 Å². The predicted octanol–water partition coefficient (Wildman–Crippen LogP) is 3.79. The van der Waals surface area contributed by atoms with E-state index in [2.05, 4.69) is 16.0 Å². The lowest BCUT2D eigenvalue weighted by molar-refractivity contribution is 0.826. The maximum absolute atomic E-state index is 14.0. The van der Waals surface area contributed by atoms with Gasteiger partial charge in [-0.15, -0.1) is 11.3 Å². The third kappa shape index (κ3) is 4.13. The van der Waals surface area contributed by atoms with Crippen LogP contribution in [0.1, 0.15) is 28.2 Å². The Morgan fingerprint density at radius 1 is 0.976 bits per heavy atom. The normalized spacial score (nSPS) is 14.3. The van der Waals surface area contributed by atoms with E-state index in [0.717, 1.165) is 27.9 Å². The van der Waals surface area contributed by atoms with Gasteiger partial charge < -0.3 is 4.98 Å². The third-order valence-corrected chi connectivity index (χ3v) is 8.45. The van der Waals surface area contributed by atoms with E-state index < -0.39 is 5.92 Å². The van der Waals surface area contributed by atoms with Gasteiger partial charge in [-0.2, -0.15) is 10.4 Å². The average Bonchev–Trinajstić information content (AvgIpc) is 3.59. The monoisotopic (exact) mass is 566 g/mol. The number of nitrogens with one attached hydrogen (secondary N) is 1. The second-order valence-corrected chi connectivity index (χ2v) is 11.0. The van der Waals surface area contributed by atoms with Crippen molar-refractivity contribution in [2.75, 3.05) is 0 Å². The lowest BCUT2D eigenvalue weighted by Crippen LogP contribution is -2.38. The van der Waals surface area contributed by atoms with Crippen LogP contribution in [0, 0.1) is 18.3 Å². The van der Waals surface area contributed by atoms with E-state index in [4.69, 9.17) is 5.10 Å². The quantitative estimate of drug-likeness (QED) is 0.349. The van der Waals surface area contributed by atoms with Gasteiger partial charge in [0, 0.05) is 17.3 Å². The lowest BCUT2D eigenvalue weighted by atomic mass is 9.85. The molecule has 0 fully saturated rings. The molecule has 3 aromatic carbocycles. The molecule has 0 spiro atoms. The van der Waals surface area contributed by atoms with Gasteiger partial charge in [0.25, 0.3) is 11.1 Å². The minimum Gasteiger partial charge on any atom is -0.313 e. The molecule has 1 aliphatic rings. The summed E-state index contributed by atoms with van der Waals surface area (Å²) in [5.41, 5.74) is 4.96. The number of H-pyrrole nitrogens is 1. The number of rotatable bonds is 4. The number of benzene rings is 3. The standard InChI is InChI=1S/C33H22N6O2S/c1-20-12-14-21(15-13-20)27-25(17-34)33-39(30-28(27)31(40)36-19-35-30)32(41)26(42-33)16-23-18-38(24-10-6-3-7-11-24)37-29(23)22-8-4-2-5-9-22/h2-16,18-19,27H,1H3,(H,35,36,40)/b26-16+. The molecule has 3 aromatic heterocycles. The molecule has 7 rings (SSSR count). The second-order valence-electron chi connectivity index (χ2n) is 9.97. The Morgan fingerprint density at radius 3 is 2.40 bits per heavy atom. The molecule has 0 bridgehead atoms. The Kier molecular flexibility index (Phi) is 6.11. The van der Waals surface area contributed by atoms with Crippen LogP contribution in [0.15, 0.2) is 107 Å². The number of nitriles is 1. The molecule has 1 N–H and O–H groups in total. The topological polar surface area (TPSA) is 109 Å². The van der Waals surface area contributed by atoms with E-state index in [-0.39, 0.29) is 22.5 Å². The van der Waals surface area contributed by atoms with Gasteiger partial charge in [-0.1, -0.05) is 78.4 Å². The summed E-state index contributed by atoms with van der Waals surface area (Å²) >= 11 is 1.22. The van der Waals surface area contributed by atoms with Crippen molar-refractivity contribution in [1.82, 2.24) is 24.3 Å². The smallest absolute Gasteiger partial charge is 0.274 e. The fourth-order valence-electron chi connectivity index (χ4n) is 5.33. The molecule has 1 unspecified atom stereocenters. The van der Waals surface area contributed by atoms with Crippen LogP contribution in [0.25, 0.3) is 34.4 Å². The highest BCUT2D eigenvalue weighted by Crippen LogP contribution is 2.34. The van der Waals surface area contributed by atoms with Gasteiger partial charge in [0.05, 0.1) is 45.4 Å². The fourth-order valence-corrected chi connectivity index (χ4v) is 6.44. The molecule has 0 saturated carbocycles. The molecule has 1 atom stereocenters. The van der Waals surface area contributed by atoms with E-state index in [1.807, 2.05) is 98.0 Å². The van der Waals surface area contributed by atoms with Crippen LogP contribution < -0.4 is 20.3 Å². The maximum atomic E-state index is 14.0. The molecule has 0 amide bonds. The predicted molar refractivity (Wildman–Crippen MR) is 162 cm³/mol. The number of aryl methyl sites for hydroxylation is 1. The summed E-state index contributed by atoms with van der Waals surface area (Å²) in [7, 11) is 0. The zero-order valence-corrected chi connectivity index (χ0v) is 23.2. The van der Waals surface area contributed by atoms with E-state index >= 15 is 0 Å². The highest BCUT2D eigenvalue weighted by molar-refractivity contribution is 7.07. The van der Waals surface area contributed by atoms with Crippen molar-refractivity contribution in [2.45, 2.75) is 12.8 Å². The van der Waals surface area contributed by atoms with Gasteiger partial charge in [0.1, 0.15) is 4.66 Å². The van der Waals surface area contributed by atoms with Crippen LogP contribution in [0.4, 0.5) is 0 Å². The van der Waals surface area contributed by atoms with E-state index in [1.54, 1.807) is 10.8 Å². The summed E-state index contributed by atoms with van der Waals surface area (Å²) < 4.78 is 4.05. The third-order valence-electron chi connectivity index (χ3n) is 7.34. The minimum atomic E-state index is -0.658. The Bertz CT molecular complexity index is 2250. The Labute approximate surface area is 243 Å². The number of nitrogens with zero attached hydrogens (tertiary/aromatic N) is 5. The molecule has 6 aromatic rings. The summed E-state index contributed by atoms with van der Waals surface area (Å²) in [6.45, 7) is 1.98. The first-order valence-electron chi connectivity index (χ1n) is 13.3. The first-order valence-corrected chi connectivity index (χ1v) is 14.1. The van der Waals surface area contributed by atoms with Gasteiger partial charge in [-0.05, 0) is 30.7 Å². The number of aromatic amines is 1. The SMILES string of the molecule is Cc1ccc(C2C(C#N)=c3s/c(=C/c4cn(-c5ccccc5)nc4-c4ccccc4)c(=O)n3-c3nc[nH]c(=O)c32)cc1. The number of para-hydroxylation sites is 1. The van der Waals surface area contributed by atoms with E-state index in [0.29, 0.717) is 20.5 Å². The molecular formula is C33H22N6O2S. The van der Waals surface area contributed by atoms with Crippen molar-refractivity contribution < 1.29 is 0 Å². The molecule has 4 heterocycles. The summed E-state index contributed by atoms with van der Waals surface area (Å²) in [4.78, 5) is 34.3. The van der Waals surface area contributed by atoms with Gasteiger partial charge >= 0.3 is 0 Å². The first-order chi connectivity index (χ1) is 20.5. The van der Waals surface area contributed by atoms with Crippen molar-refractivity contribution >= 4 is 23.0 Å². The maximum Gasteiger partial charge on any atom is 0.274 e. The van der Waals surface area contributed by atoms with Crippen molar-refractivity contribution in [3.63, 3.8) is 0 Å². The highest BCUT2D eigenvalue weighted by atomic mass is 32.1. The van der Waals surface area contributed by atoms with Crippen LogP contribution in [-0.2, 0) is 0 Å². The summed E-state index contributed by atoms with van der Waals surface area (Å²) in [5, 5.41) is 15.3. The average molecular weight is 567 g/mol. The largest absolute Gasteiger partial charge is 0.313 e. The molecule has 8 nitrogen and oxygen atoms in total. The van der Waals surface area contributed by atoms with E-state index in [9.17, 15) is 14.9 Å². The Balaban J connectivity index is 1.51. The highest BCUT2D eigenvalue weighted by Gasteiger charge is 2.33. The van der Waals surface area contributed by atoms with Gasteiger partial charge in [0.2, 0.25) is 0 Å². The summed E-state index contributed by atoms with van der Waals surface area (Å²) in [6.07, 6.45) is 4.98. The molecule has 0 aliphatic carbocycles. The summed E-state index contributed by atoms with van der Waals surface area (Å²) in [6, 6.07) is 29.5.